The van der Waals surface area contributed by atoms with Crippen LogP contribution in [0.2, 0.25) is 0 Å². The molecule has 0 spiro atoms. The van der Waals surface area contributed by atoms with Gasteiger partial charge in [0.2, 0.25) is 0 Å². The second-order valence-electron chi connectivity index (χ2n) is 11.0. The highest BCUT2D eigenvalue weighted by molar-refractivity contribution is 5.90. The van der Waals surface area contributed by atoms with Gasteiger partial charge in [-0.3, -0.25) is 0 Å². The third kappa shape index (κ3) is 4.10. The minimum Gasteiger partial charge on any atom is -0.508 e. The first-order valence-electron chi connectivity index (χ1n) is 13.2. The normalized spacial score (nSPS) is 25.7. The summed E-state index contributed by atoms with van der Waals surface area (Å²) < 4.78 is 11.3. The summed E-state index contributed by atoms with van der Waals surface area (Å²) in [6.45, 7) is 1.98. The number of hydrogen-bond donors (Lipinski definition) is 1. The van der Waals surface area contributed by atoms with E-state index in [0.717, 1.165) is 53.7 Å². The minimum atomic E-state index is -0.569. The van der Waals surface area contributed by atoms with Gasteiger partial charge in [0.15, 0.2) is 0 Å². The molecule has 4 bridgehead atoms. The lowest BCUT2D eigenvalue weighted by molar-refractivity contribution is -0.00611. The summed E-state index contributed by atoms with van der Waals surface area (Å²) in [4.78, 5) is 24.7. The van der Waals surface area contributed by atoms with Crippen LogP contribution in [0, 0.1) is 17.8 Å². The van der Waals surface area contributed by atoms with E-state index >= 15 is 0 Å². The first-order valence-corrected chi connectivity index (χ1v) is 13.2. The van der Waals surface area contributed by atoms with E-state index in [0.29, 0.717) is 22.7 Å². The zero-order valence-corrected chi connectivity index (χ0v) is 21.3. The number of phenols is 1. The zero-order chi connectivity index (χ0) is 25.7. The van der Waals surface area contributed by atoms with Crippen LogP contribution in [0.4, 0.5) is 4.79 Å². The number of benzene rings is 2. The molecule has 7 rings (SSSR count). The van der Waals surface area contributed by atoms with Crippen molar-refractivity contribution in [2.75, 3.05) is 13.7 Å². The maximum absolute atomic E-state index is 12.8. The highest BCUT2D eigenvalue weighted by Crippen LogP contribution is 2.62. The summed E-state index contributed by atoms with van der Waals surface area (Å²) in [6.07, 6.45) is 6.87. The molecule has 4 aliphatic carbocycles. The van der Waals surface area contributed by atoms with E-state index in [9.17, 15) is 14.7 Å². The molecule has 2 aromatic carbocycles. The fourth-order valence-corrected chi connectivity index (χ4v) is 7.51. The van der Waals surface area contributed by atoms with E-state index in [4.69, 9.17) is 9.47 Å². The molecular weight excluding hydrogens is 468 g/mol. The van der Waals surface area contributed by atoms with Gasteiger partial charge in [-0.15, -0.1) is 0 Å². The van der Waals surface area contributed by atoms with Crippen molar-refractivity contribution in [3.8, 4) is 28.3 Å². The van der Waals surface area contributed by atoms with Crippen molar-refractivity contribution in [1.29, 1.82) is 0 Å². The molecule has 0 atom stereocenters. The monoisotopic (exact) mass is 500 g/mol. The minimum absolute atomic E-state index is 0.0328. The standard InChI is InChI=1S/C30H32N2O5/c1-3-37-29(35)32-26(21-4-6-22(7-5-21)28(34)36-2)14-25(31-32)23-8-9-27(33)24(13-23)30-15-18-10-19(16-30)12-20(11-18)17-30/h4-9,13-14,18-20,33H,3,10-12,15-17H2,1-2H3. The number of ether oxygens (including phenoxy) is 2. The predicted octanol–water partition coefficient (Wildman–Crippen LogP) is 6.18. The van der Waals surface area contributed by atoms with Gasteiger partial charge in [0.1, 0.15) is 5.75 Å². The topological polar surface area (TPSA) is 90.7 Å². The average Bonchev–Trinajstić information content (AvgIpc) is 3.33. The number of nitrogens with zero attached hydrogens (tertiary/aromatic N) is 2. The maximum Gasteiger partial charge on any atom is 0.435 e. The molecule has 4 aliphatic rings. The molecule has 7 nitrogen and oxygen atoms in total. The van der Waals surface area contributed by atoms with E-state index in [-0.39, 0.29) is 12.0 Å². The summed E-state index contributed by atoms with van der Waals surface area (Å²) >= 11 is 0. The van der Waals surface area contributed by atoms with E-state index in [2.05, 4.69) is 11.2 Å². The van der Waals surface area contributed by atoms with Gasteiger partial charge in [-0.25, -0.2) is 9.59 Å². The second kappa shape index (κ2) is 9.05. The third-order valence-corrected chi connectivity index (χ3v) is 8.65. The van der Waals surface area contributed by atoms with Crippen molar-refractivity contribution < 1.29 is 24.2 Å². The average molecular weight is 501 g/mol. The summed E-state index contributed by atoms with van der Waals surface area (Å²) in [7, 11) is 1.34. The Balaban J connectivity index is 1.40. The maximum atomic E-state index is 12.8. The molecule has 0 unspecified atom stereocenters. The van der Waals surface area contributed by atoms with Gasteiger partial charge in [0, 0.05) is 16.7 Å². The number of carbonyl (C=O) groups excluding carboxylic acids is 2. The molecule has 192 valence electrons. The fraction of sp³-hybridized carbons (Fsp3) is 0.433. The molecule has 4 saturated carbocycles. The summed E-state index contributed by atoms with van der Waals surface area (Å²) in [6, 6.07) is 14.4. The van der Waals surface area contributed by atoms with E-state index in [1.165, 1.54) is 31.1 Å². The predicted molar refractivity (Wildman–Crippen MR) is 138 cm³/mol. The zero-order valence-electron chi connectivity index (χ0n) is 21.3. The molecule has 0 radical (unpaired) electrons. The number of rotatable bonds is 5. The molecule has 1 aromatic heterocycles. The summed E-state index contributed by atoms with van der Waals surface area (Å²) in [5, 5.41) is 15.6. The largest absolute Gasteiger partial charge is 0.508 e. The van der Waals surface area contributed by atoms with Crippen molar-refractivity contribution in [3.63, 3.8) is 0 Å². The van der Waals surface area contributed by atoms with Gasteiger partial charge in [-0.1, -0.05) is 12.1 Å². The first-order chi connectivity index (χ1) is 17.9. The van der Waals surface area contributed by atoms with Gasteiger partial charge in [0.25, 0.3) is 0 Å². The number of phenolic OH excluding ortho intramolecular Hbond substituents is 1. The molecule has 0 aliphatic heterocycles. The number of esters is 1. The molecule has 3 aromatic rings. The Kier molecular flexibility index (Phi) is 5.81. The van der Waals surface area contributed by atoms with E-state index in [1.54, 1.807) is 37.3 Å². The van der Waals surface area contributed by atoms with Crippen LogP contribution >= 0.6 is 0 Å². The molecule has 7 heteroatoms. The second-order valence-corrected chi connectivity index (χ2v) is 11.0. The molecule has 1 heterocycles. The van der Waals surface area contributed by atoms with Crippen LogP contribution in [-0.2, 0) is 14.9 Å². The molecule has 0 saturated heterocycles. The van der Waals surface area contributed by atoms with Gasteiger partial charge < -0.3 is 14.6 Å². The molecular formula is C30H32N2O5. The van der Waals surface area contributed by atoms with Crippen LogP contribution in [0.25, 0.3) is 22.5 Å². The first kappa shape index (κ1) is 23.8. The third-order valence-electron chi connectivity index (χ3n) is 8.65. The lowest BCUT2D eigenvalue weighted by Crippen LogP contribution is -2.48. The van der Waals surface area contributed by atoms with Gasteiger partial charge in [0.05, 0.1) is 30.7 Å². The van der Waals surface area contributed by atoms with Crippen molar-refractivity contribution in [2.24, 2.45) is 17.8 Å². The number of aromatic nitrogens is 2. The van der Waals surface area contributed by atoms with Crippen LogP contribution in [0.3, 0.4) is 0 Å². The Morgan fingerprint density at radius 1 is 0.973 bits per heavy atom. The van der Waals surface area contributed by atoms with Crippen molar-refractivity contribution >= 4 is 12.1 Å². The fourth-order valence-electron chi connectivity index (χ4n) is 7.51. The lowest BCUT2D eigenvalue weighted by Gasteiger charge is -2.57. The van der Waals surface area contributed by atoms with Crippen LogP contribution in [0.5, 0.6) is 5.75 Å². The van der Waals surface area contributed by atoms with Crippen LogP contribution in [-0.4, -0.2) is 40.7 Å². The number of carbonyl (C=O) groups is 2. The van der Waals surface area contributed by atoms with Crippen molar-refractivity contribution in [1.82, 2.24) is 9.78 Å². The smallest absolute Gasteiger partial charge is 0.435 e. The van der Waals surface area contributed by atoms with Gasteiger partial charge >= 0.3 is 12.1 Å². The molecule has 0 amide bonds. The summed E-state index contributed by atoms with van der Waals surface area (Å²) in [5.41, 5.74) is 4.26. The Morgan fingerprint density at radius 3 is 2.19 bits per heavy atom. The number of aromatic hydroxyl groups is 1. The van der Waals surface area contributed by atoms with Crippen LogP contribution in [0.15, 0.2) is 48.5 Å². The SMILES string of the molecule is CCOC(=O)n1nc(-c2ccc(O)c(C34CC5CC(CC(C5)C3)C4)c2)cc1-c1ccc(C(=O)OC)cc1. The van der Waals surface area contributed by atoms with Crippen molar-refractivity contribution in [3.05, 3.63) is 59.7 Å². The van der Waals surface area contributed by atoms with Crippen LogP contribution in [0.1, 0.15) is 61.4 Å². The Labute approximate surface area is 216 Å². The Morgan fingerprint density at radius 2 is 1.59 bits per heavy atom. The number of methoxy groups -OCH3 is 1. The summed E-state index contributed by atoms with van der Waals surface area (Å²) in [5.74, 6) is 2.22. The van der Waals surface area contributed by atoms with E-state index < -0.39 is 12.1 Å². The molecule has 4 fully saturated rings. The molecule has 1 N–H and O–H groups in total. The van der Waals surface area contributed by atoms with Gasteiger partial charge in [-0.05, 0) is 105 Å². The van der Waals surface area contributed by atoms with Crippen LogP contribution < -0.4 is 0 Å². The number of hydrogen-bond acceptors (Lipinski definition) is 6. The Bertz CT molecular complexity index is 1320. The highest BCUT2D eigenvalue weighted by atomic mass is 16.6. The van der Waals surface area contributed by atoms with E-state index in [1.807, 2.05) is 12.1 Å². The molecule has 37 heavy (non-hydrogen) atoms. The Hall–Kier alpha value is -3.61. The lowest BCUT2D eigenvalue weighted by atomic mass is 9.48. The van der Waals surface area contributed by atoms with Crippen molar-refractivity contribution in [2.45, 2.75) is 50.9 Å². The quantitative estimate of drug-likeness (QED) is 0.421. The van der Waals surface area contributed by atoms with Gasteiger partial charge in [-0.2, -0.15) is 9.78 Å². The highest BCUT2D eigenvalue weighted by Gasteiger charge is 2.52.